The van der Waals surface area contributed by atoms with E-state index in [9.17, 15) is 4.79 Å². The first-order valence-corrected chi connectivity index (χ1v) is 6.00. The van der Waals surface area contributed by atoms with E-state index in [1.165, 1.54) is 0 Å². The smallest absolute Gasteiger partial charge is 0.224 e. The van der Waals surface area contributed by atoms with Crippen molar-refractivity contribution in [3.05, 3.63) is 22.4 Å². The van der Waals surface area contributed by atoms with Crippen molar-refractivity contribution in [2.75, 3.05) is 18.9 Å². The molecule has 0 bridgehead atoms. The average Bonchev–Trinajstić information content (AvgIpc) is 2.23. The molecular weight excluding hydrogens is 270 g/mol. The molecule has 1 aromatic heterocycles. The van der Waals surface area contributed by atoms with Gasteiger partial charge >= 0.3 is 0 Å². The Hall–Kier alpha value is -0.940. The van der Waals surface area contributed by atoms with Crippen LogP contribution in [0.4, 0.5) is 5.69 Å². The van der Waals surface area contributed by atoms with Gasteiger partial charge in [0, 0.05) is 6.42 Å². The highest BCUT2D eigenvalue weighted by molar-refractivity contribution is 9.10. The van der Waals surface area contributed by atoms with Gasteiger partial charge in [0.05, 0.1) is 11.4 Å². The molecule has 0 spiro atoms. The van der Waals surface area contributed by atoms with E-state index in [4.69, 9.17) is 0 Å². The minimum absolute atomic E-state index is 0.0301. The first-order valence-electron chi connectivity index (χ1n) is 5.21. The fourth-order valence-electron chi connectivity index (χ4n) is 1.30. The molecule has 1 amide bonds. The largest absolute Gasteiger partial charge is 0.325 e. The molecule has 0 radical (unpaired) electrons. The molecule has 0 fully saturated rings. The van der Waals surface area contributed by atoms with Gasteiger partial charge in [-0.1, -0.05) is 0 Å². The molecule has 1 aromatic rings. The molecule has 16 heavy (non-hydrogen) atoms. The lowest BCUT2D eigenvalue weighted by Crippen LogP contribution is -2.16. The van der Waals surface area contributed by atoms with Crippen LogP contribution in [0.1, 0.15) is 18.5 Å². The molecule has 0 atom stereocenters. The number of amides is 1. The van der Waals surface area contributed by atoms with Gasteiger partial charge in [0.25, 0.3) is 0 Å². The number of pyridine rings is 1. The summed E-state index contributed by atoms with van der Waals surface area (Å²) in [5, 5.41) is 5.85. The predicted molar refractivity (Wildman–Crippen MR) is 68.5 cm³/mol. The molecule has 0 aliphatic rings. The zero-order chi connectivity index (χ0) is 12.0. The van der Waals surface area contributed by atoms with Gasteiger partial charge in [-0.05, 0) is 55.0 Å². The number of aromatic nitrogens is 1. The molecule has 0 aliphatic heterocycles. The zero-order valence-corrected chi connectivity index (χ0v) is 11.1. The van der Waals surface area contributed by atoms with Gasteiger partial charge in [0.15, 0.2) is 0 Å². The Bertz CT molecular complexity index is 368. The number of aryl methyl sites for hydroxylation is 1. The van der Waals surface area contributed by atoms with E-state index in [1.54, 1.807) is 0 Å². The van der Waals surface area contributed by atoms with Crippen LogP contribution in [0.25, 0.3) is 0 Å². The molecule has 0 aliphatic carbocycles. The van der Waals surface area contributed by atoms with E-state index in [1.807, 2.05) is 26.1 Å². The minimum atomic E-state index is 0.0301. The number of hydrogen-bond acceptors (Lipinski definition) is 3. The Morgan fingerprint density at radius 3 is 2.88 bits per heavy atom. The standard InChI is InChI=1S/C11H16BrN3O/c1-8-9(5-6-10(12)14-8)15-11(16)4-3-7-13-2/h5-6,13H,3-4,7H2,1-2H3,(H,15,16). The Labute approximate surface area is 104 Å². The van der Waals surface area contributed by atoms with Gasteiger partial charge in [-0.25, -0.2) is 4.98 Å². The van der Waals surface area contributed by atoms with Crippen molar-refractivity contribution >= 4 is 27.5 Å². The SMILES string of the molecule is CNCCCC(=O)Nc1ccc(Br)nc1C. The lowest BCUT2D eigenvalue weighted by atomic mass is 10.2. The fraction of sp³-hybridized carbons (Fsp3) is 0.455. The number of carbonyl (C=O) groups excluding carboxylic acids is 1. The Morgan fingerprint density at radius 1 is 1.50 bits per heavy atom. The second-order valence-corrected chi connectivity index (χ2v) is 4.33. The maximum atomic E-state index is 11.5. The summed E-state index contributed by atoms with van der Waals surface area (Å²) in [6.45, 7) is 2.72. The molecule has 5 heteroatoms. The summed E-state index contributed by atoms with van der Waals surface area (Å²) in [5.41, 5.74) is 1.59. The number of halogens is 1. The van der Waals surface area contributed by atoms with E-state index >= 15 is 0 Å². The molecule has 0 unspecified atom stereocenters. The summed E-state index contributed by atoms with van der Waals surface area (Å²) in [7, 11) is 1.88. The molecular formula is C11H16BrN3O. The van der Waals surface area contributed by atoms with Crippen LogP contribution < -0.4 is 10.6 Å². The first-order chi connectivity index (χ1) is 7.63. The van der Waals surface area contributed by atoms with E-state index < -0.39 is 0 Å². The Morgan fingerprint density at radius 2 is 2.25 bits per heavy atom. The zero-order valence-electron chi connectivity index (χ0n) is 9.51. The molecule has 1 rings (SSSR count). The van der Waals surface area contributed by atoms with Crippen LogP contribution >= 0.6 is 15.9 Å². The molecule has 1 heterocycles. The van der Waals surface area contributed by atoms with Crippen molar-refractivity contribution < 1.29 is 4.79 Å². The minimum Gasteiger partial charge on any atom is -0.325 e. The Balaban J connectivity index is 2.49. The number of nitrogens with zero attached hydrogens (tertiary/aromatic N) is 1. The lowest BCUT2D eigenvalue weighted by Gasteiger charge is -2.07. The van der Waals surface area contributed by atoms with Crippen LogP contribution in [-0.2, 0) is 4.79 Å². The van der Waals surface area contributed by atoms with Crippen molar-refractivity contribution in [2.24, 2.45) is 0 Å². The van der Waals surface area contributed by atoms with Crippen molar-refractivity contribution in [2.45, 2.75) is 19.8 Å². The summed E-state index contributed by atoms with van der Waals surface area (Å²) in [6, 6.07) is 3.67. The fourth-order valence-corrected chi connectivity index (χ4v) is 1.70. The summed E-state index contributed by atoms with van der Waals surface area (Å²) in [6.07, 6.45) is 1.36. The summed E-state index contributed by atoms with van der Waals surface area (Å²) >= 11 is 3.28. The second kappa shape index (κ2) is 6.60. The third kappa shape index (κ3) is 4.28. The molecule has 0 aromatic carbocycles. The van der Waals surface area contributed by atoms with Crippen LogP contribution in [-0.4, -0.2) is 24.5 Å². The molecule has 4 nitrogen and oxygen atoms in total. The maximum Gasteiger partial charge on any atom is 0.224 e. The molecule has 0 saturated carbocycles. The highest BCUT2D eigenvalue weighted by Gasteiger charge is 2.05. The van der Waals surface area contributed by atoms with Crippen LogP contribution in [0.15, 0.2) is 16.7 Å². The number of anilines is 1. The van der Waals surface area contributed by atoms with Crippen molar-refractivity contribution in [3.8, 4) is 0 Å². The topological polar surface area (TPSA) is 54.0 Å². The van der Waals surface area contributed by atoms with Crippen LogP contribution in [0.3, 0.4) is 0 Å². The third-order valence-corrected chi connectivity index (χ3v) is 2.60. The number of hydrogen-bond donors (Lipinski definition) is 2. The first kappa shape index (κ1) is 13.1. The van der Waals surface area contributed by atoms with Gasteiger partial charge in [-0.2, -0.15) is 0 Å². The monoisotopic (exact) mass is 285 g/mol. The highest BCUT2D eigenvalue weighted by atomic mass is 79.9. The maximum absolute atomic E-state index is 11.5. The van der Waals surface area contributed by atoms with E-state index in [0.717, 1.165) is 29.0 Å². The van der Waals surface area contributed by atoms with Crippen molar-refractivity contribution in [1.82, 2.24) is 10.3 Å². The highest BCUT2D eigenvalue weighted by Crippen LogP contribution is 2.16. The number of rotatable bonds is 5. The Kier molecular flexibility index (Phi) is 5.42. The summed E-state index contributed by atoms with van der Waals surface area (Å²) in [5.74, 6) is 0.0301. The van der Waals surface area contributed by atoms with E-state index in [2.05, 4.69) is 31.5 Å². The van der Waals surface area contributed by atoms with E-state index in [0.29, 0.717) is 6.42 Å². The van der Waals surface area contributed by atoms with Crippen molar-refractivity contribution in [1.29, 1.82) is 0 Å². The van der Waals surface area contributed by atoms with E-state index in [-0.39, 0.29) is 5.91 Å². The molecule has 88 valence electrons. The molecule has 0 saturated heterocycles. The van der Waals surface area contributed by atoms with Gasteiger partial charge in [-0.15, -0.1) is 0 Å². The third-order valence-electron chi connectivity index (χ3n) is 2.16. The predicted octanol–water partition coefficient (Wildman–Crippen LogP) is 2.09. The van der Waals surface area contributed by atoms with Gasteiger partial charge in [-0.3, -0.25) is 4.79 Å². The lowest BCUT2D eigenvalue weighted by molar-refractivity contribution is -0.116. The second-order valence-electron chi connectivity index (χ2n) is 3.52. The summed E-state index contributed by atoms with van der Waals surface area (Å²) < 4.78 is 0.776. The van der Waals surface area contributed by atoms with Crippen LogP contribution in [0, 0.1) is 6.92 Å². The van der Waals surface area contributed by atoms with Gasteiger partial charge in [0.1, 0.15) is 4.60 Å². The normalized spacial score (nSPS) is 10.2. The summed E-state index contributed by atoms with van der Waals surface area (Å²) in [4.78, 5) is 15.8. The van der Waals surface area contributed by atoms with Crippen molar-refractivity contribution in [3.63, 3.8) is 0 Å². The number of carbonyl (C=O) groups is 1. The van der Waals surface area contributed by atoms with Gasteiger partial charge in [0.2, 0.25) is 5.91 Å². The van der Waals surface area contributed by atoms with Gasteiger partial charge < -0.3 is 10.6 Å². The molecule has 2 N–H and O–H groups in total. The number of nitrogens with one attached hydrogen (secondary N) is 2. The quantitative estimate of drug-likeness (QED) is 0.643. The average molecular weight is 286 g/mol. The van der Waals surface area contributed by atoms with Crippen LogP contribution in [0.2, 0.25) is 0 Å². The van der Waals surface area contributed by atoms with Crippen LogP contribution in [0.5, 0.6) is 0 Å².